The molecular weight excluding hydrogens is 242 g/mol. The van der Waals surface area contributed by atoms with Gasteiger partial charge in [-0.1, -0.05) is 32.0 Å². The van der Waals surface area contributed by atoms with Gasteiger partial charge in [-0.2, -0.15) is 0 Å². The predicted octanol–water partition coefficient (Wildman–Crippen LogP) is 2.07. The molecule has 4 heteroatoms. The Morgan fingerprint density at radius 1 is 1.26 bits per heavy atom. The van der Waals surface area contributed by atoms with Crippen LogP contribution in [0.15, 0.2) is 30.3 Å². The average Bonchev–Trinajstić information content (AvgIpc) is 2.46. The van der Waals surface area contributed by atoms with Crippen molar-refractivity contribution in [3.05, 3.63) is 30.3 Å². The van der Waals surface area contributed by atoms with Gasteiger partial charge in [0.15, 0.2) is 6.61 Å². The van der Waals surface area contributed by atoms with E-state index in [1.165, 1.54) is 0 Å². The summed E-state index contributed by atoms with van der Waals surface area (Å²) < 4.78 is 5.46. The minimum atomic E-state index is -0.0772. The third-order valence-electron chi connectivity index (χ3n) is 3.15. The number of hydrogen-bond donors (Lipinski definition) is 1. The van der Waals surface area contributed by atoms with Gasteiger partial charge in [-0.15, -0.1) is 0 Å². The quantitative estimate of drug-likeness (QED) is 0.783. The molecule has 0 unspecified atom stereocenters. The Morgan fingerprint density at radius 3 is 2.42 bits per heavy atom. The van der Waals surface area contributed by atoms with Crippen molar-refractivity contribution in [2.45, 2.75) is 32.7 Å². The fourth-order valence-electron chi connectivity index (χ4n) is 2.09. The van der Waals surface area contributed by atoms with E-state index in [0.29, 0.717) is 12.3 Å². The smallest absolute Gasteiger partial charge is 0.260 e. The fourth-order valence-corrected chi connectivity index (χ4v) is 2.09. The Hall–Kier alpha value is -1.55. The molecule has 0 saturated carbocycles. The summed E-state index contributed by atoms with van der Waals surface area (Å²) in [7, 11) is 0. The first kappa shape index (κ1) is 15.5. The van der Waals surface area contributed by atoms with Crippen molar-refractivity contribution >= 4 is 5.91 Å². The molecule has 0 aromatic heterocycles. The van der Waals surface area contributed by atoms with E-state index in [9.17, 15) is 4.79 Å². The zero-order chi connectivity index (χ0) is 14.1. The molecule has 1 aromatic rings. The molecule has 0 atom stereocenters. The molecule has 1 N–H and O–H groups in total. The fraction of sp³-hybridized carbons (Fsp3) is 0.533. The first-order chi connectivity index (χ1) is 9.22. The summed E-state index contributed by atoms with van der Waals surface area (Å²) >= 11 is 0. The van der Waals surface area contributed by atoms with Gasteiger partial charge in [0, 0.05) is 12.6 Å². The Bertz CT molecular complexity index is 363. The van der Waals surface area contributed by atoms with Crippen molar-refractivity contribution < 1.29 is 14.6 Å². The van der Waals surface area contributed by atoms with E-state index < -0.39 is 0 Å². The highest BCUT2D eigenvalue weighted by atomic mass is 16.5. The minimum absolute atomic E-state index is 0.0144. The Morgan fingerprint density at radius 2 is 1.89 bits per heavy atom. The van der Waals surface area contributed by atoms with Crippen molar-refractivity contribution in [3.8, 4) is 5.75 Å². The molecule has 0 heterocycles. The summed E-state index contributed by atoms with van der Waals surface area (Å²) in [6.07, 6.45) is 1.77. The maximum Gasteiger partial charge on any atom is 0.260 e. The second-order valence-corrected chi connectivity index (χ2v) is 4.38. The van der Waals surface area contributed by atoms with Crippen LogP contribution in [0.3, 0.4) is 0 Å². The van der Waals surface area contributed by atoms with Crippen LogP contribution in [0.4, 0.5) is 0 Å². The summed E-state index contributed by atoms with van der Waals surface area (Å²) in [5, 5.41) is 9.08. The molecule has 1 amide bonds. The molecule has 106 valence electrons. The molecule has 0 aliphatic rings. The Balaban J connectivity index is 2.57. The monoisotopic (exact) mass is 265 g/mol. The van der Waals surface area contributed by atoms with E-state index in [1.807, 2.05) is 44.2 Å². The van der Waals surface area contributed by atoms with Gasteiger partial charge >= 0.3 is 0 Å². The summed E-state index contributed by atoms with van der Waals surface area (Å²) in [5.74, 6) is 0.607. The zero-order valence-corrected chi connectivity index (χ0v) is 11.7. The minimum Gasteiger partial charge on any atom is -0.484 e. The molecule has 0 aliphatic carbocycles. The van der Waals surface area contributed by atoms with Gasteiger partial charge < -0.3 is 14.7 Å². The Labute approximate surface area is 115 Å². The van der Waals surface area contributed by atoms with E-state index in [4.69, 9.17) is 9.84 Å². The van der Waals surface area contributed by atoms with Crippen LogP contribution in [-0.2, 0) is 4.79 Å². The number of ether oxygens (including phenoxy) is 1. The van der Waals surface area contributed by atoms with Crippen LogP contribution >= 0.6 is 0 Å². The normalized spacial score (nSPS) is 10.5. The molecule has 0 bridgehead atoms. The lowest BCUT2D eigenvalue weighted by molar-refractivity contribution is -0.136. The number of aliphatic hydroxyl groups is 1. The molecule has 1 aromatic carbocycles. The van der Waals surface area contributed by atoms with Crippen LogP contribution < -0.4 is 4.74 Å². The summed E-state index contributed by atoms with van der Waals surface area (Å²) in [4.78, 5) is 13.9. The van der Waals surface area contributed by atoms with Gasteiger partial charge in [-0.25, -0.2) is 0 Å². The molecular formula is C15H23NO3. The topological polar surface area (TPSA) is 49.8 Å². The second-order valence-electron chi connectivity index (χ2n) is 4.38. The number of amides is 1. The van der Waals surface area contributed by atoms with Gasteiger partial charge in [0.25, 0.3) is 5.91 Å². The maximum absolute atomic E-state index is 12.2. The first-order valence-electron chi connectivity index (χ1n) is 6.81. The van der Waals surface area contributed by atoms with E-state index >= 15 is 0 Å². The zero-order valence-electron chi connectivity index (χ0n) is 11.7. The third kappa shape index (κ3) is 4.91. The lowest BCUT2D eigenvalue weighted by atomic mass is 10.1. The SMILES string of the molecule is CCC(CC)N(CCO)C(=O)COc1ccccc1. The molecule has 0 aliphatic heterocycles. The lowest BCUT2D eigenvalue weighted by Gasteiger charge is -2.29. The number of hydrogen-bond acceptors (Lipinski definition) is 3. The van der Waals surface area contributed by atoms with E-state index in [2.05, 4.69) is 0 Å². The molecule has 4 nitrogen and oxygen atoms in total. The van der Waals surface area contributed by atoms with Gasteiger partial charge in [0.2, 0.25) is 0 Å². The van der Waals surface area contributed by atoms with Gasteiger partial charge in [-0.05, 0) is 25.0 Å². The highest BCUT2D eigenvalue weighted by Crippen LogP contribution is 2.11. The van der Waals surface area contributed by atoms with Gasteiger partial charge in [0.1, 0.15) is 5.75 Å². The van der Waals surface area contributed by atoms with Crippen LogP contribution in [-0.4, -0.2) is 41.7 Å². The predicted molar refractivity (Wildman–Crippen MR) is 75.1 cm³/mol. The number of para-hydroxylation sites is 1. The van der Waals surface area contributed by atoms with Crippen molar-refractivity contribution in [1.82, 2.24) is 4.90 Å². The number of rotatable bonds is 8. The summed E-state index contributed by atoms with van der Waals surface area (Å²) in [6, 6.07) is 9.44. The van der Waals surface area contributed by atoms with Crippen molar-refractivity contribution in [1.29, 1.82) is 0 Å². The van der Waals surface area contributed by atoms with Crippen LogP contribution in [0.5, 0.6) is 5.75 Å². The van der Waals surface area contributed by atoms with Crippen LogP contribution in [0.25, 0.3) is 0 Å². The highest BCUT2D eigenvalue weighted by molar-refractivity contribution is 5.78. The third-order valence-corrected chi connectivity index (χ3v) is 3.15. The van der Waals surface area contributed by atoms with E-state index in [0.717, 1.165) is 12.8 Å². The number of nitrogens with zero attached hydrogens (tertiary/aromatic N) is 1. The maximum atomic E-state index is 12.2. The number of carbonyl (C=O) groups is 1. The van der Waals surface area contributed by atoms with E-state index in [-0.39, 0.29) is 25.2 Å². The molecule has 0 radical (unpaired) electrons. The van der Waals surface area contributed by atoms with Crippen molar-refractivity contribution in [2.24, 2.45) is 0 Å². The second kappa shape index (κ2) is 8.53. The summed E-state index contributed by atoms with van der Waals surface area (Å²) in [5.41, 5.74) is 0. The standard InChI is InChI=1S/C15H23NO3/c1-3-13(4-2)16(10-11-17)15(18)12-19-14-8-6-5-7-9-14/h5-9,13,17H,3-4,10-12H2,1-2H3. The first-order valence-corrected chi connectivity index (χ1v) is 6.81. The number of benzene rings is 1. The van der Waals surface area contributed by atoms with Crippen molar-refractivity contribution in [2.75, 3.05) is 19.8 Å². The highest BCUT2D eigenvalue weighted by Gasteiger charge is 2.20. The van der Waals surface area contributed by atoms with Crippen LogP contribution in [0, 0.1) is 0 Å². The van der Waals surface area contributed by atoms with Crippen molar-refractivity contribution in [3.63, 3.8) is 0 Å². The van der Waals surface area contributed by atoms with Crippen LogP contribution in [0.1, 0.15) is 26.7 Å². The molecule has 19 heavy (non-hydrogen) atoms. The largest absolute Gasteiger partial charge is 0.484 e. The molecule has 0 spiro atoms. The van der Waals surface area contributed by atoms with E-state index in [1.54, 1.807) is 4.90 Å². The van der Waals surface area contributed by atoms with Crippen LogP contribution in [0.2, 0.25) is 0 Å². The molecule has 0 fully saturated rings. The lowest BCUT2D eigenvalue weighted by Crippen LogP contribution is -2.43. The van der Waals surface area contributed by atoms with Gasteiger partial charge in [-0.3, -0.25) is 4.79 Å². The molecule has 1 rings (SSSR count). The average molecular weight is 265 g/mol. The Kier molecular flexibility index (Phi) is 6.97. The summed E-state index contributed by atoms with van der Waals surface area (Å²) in [6.45, 7) is 4.45. The van der Waals surface area contributed by atoms with Gasteiger partial charge in [0.05, 0.1) is 6.61 Å². The number of aliphatic hydroxyl groups excluding tert-OH is 1. The molecule has 0 saturated heterocycles. The number of carbonyl (C=O) groups excluding carboxylic acids is 1.